The lowest BCUT2D eigenvalue weighted by molar-refractivity contribution is -0.146. The van der Waals surface area contributed by atoms with Crippen LogP contribution in [-0.2, 0) is 56.1 Å². The number of aliphatic hydroxyl groups is 1. The number of aliphatic hydroxyl groups excluding tert-OH is 1. The smallest absolute Gasteiger partial charge is 0.333 e. The van der Waals surface area contributed by atoms with Crippen LogP contribution in [-0.4, -0.2) is 118 Å². The summed E-state index contributed by atoms with van der Waals surface area (Å²) in [6, 6.07) is 9.21. The third-order valence-corrected chi connectivity index (χ3v) is 18.4. The van der Waals surface area contributed by atoms with E-state index in [1.54, 1.807) is 0 Å². The molecule has 0 radical (unpaired) electrons. The van der Waals surface area contributed by atoms with E-state index in [1.165, 1.54) is 91.2 Å². The Balaban J connectivity index is 0.992. The van der Waals surface area contributed by atoms with Gasteiger partial charge in [0.2, 0.25) is 41.2 Å². The summed E-state index contributed by atoms with van der Waals surface area (Å²) in [6.45, 7) is 2.65. The Morgan fingerprint density at radius 2 is 1.17 bits per heavy atom. The number of unbranched alkanes of at least 4 members (excludes halogenated alkanes) is 7. The second-order valence-electron chi connectivity index (χ2n) is 24.9. The normalized spacial score (nSPS) is 20.3. The Kier molecular flexibility index (Phi) is 20.9. The van der Waals surface area contributed by atoms with Gasteiger partial charge in [0.1, 0.15) is 82.3 Å². The zero-order valence-corrected chi connectivity index (χ0v) is 56.1. The molecule has 30 heteroatoms. The summed E-state index contributed by atoms with van der Waals surface area (Å²) in [7, 11) is 0.970. The highest BCUT2D eigenvalue weighted by atomic mass is 35.5. The molecule has 8 aromatic rings. The number of ether oxygens (including phenoxy) is 5. The standard InChI is InChI=1S/C72H69Cl2N9O19/c1-3-4-5-6-7-8-9-10-19-99-33-40-32-83(82-81-40)63-36-13-16-50(87)54(26-36)100-43-23-38(22-41(84)29-43)59-68(93)78-60-39-27-55(101-52-17-11-34(20-46(52)73)21-48(66(91)76-59)75-71(63)96)65(90)56(28-39)102-53-18-14-37(25-47(53)74)64(89)62-70(95)79-61(72(97)98-2)45-30-42(85)31-51(88)57(45)44-24-35(12-15-49(44)86)58(67(92)80-62)77-69(60)94/h11-18,20,22-32,48,58-64,84-90H,3-10,19,21,33H2,1-2H3,(H,75,96)(H,76,91)(H,77,94)(H,78,93)(H,79,95)(H,80,92)/t48-,58-,59+,60-,61-,62+,63-,64-/m1/s1. The van der Waals surface area contributed by atoms with Gasteiger partial charge in [0.15, 0.2) is 35.1 Å². The molecule has 0 unspecified atom stereocenters. The molecule has 6 amide bonds. The minimum absolute atomic E-state index is 0.0332. The van der Waals surface area contributed by atoms with Gasteiger partial charge in [-0.25, -0.2) is 9.48 Å². The zero-order valence-electron chi connectivity index (χ0n) is 54.6. The summed E-state index contributed by atoms with van der Waals surface area (Å²) >= 11 is 13.9. The van der Waals surface area contributed by atoms with Crippen LogP contribution >= 0.6 is 23.2 Å². The van der Waals surface area contributed by atoms with Crippen LogP contribution in [0, 0.1) is 0 Å². The van der Waals surface area contributed by atoms with Gasteiger partial charge < -0.3 is 91.3 Å². The molecule has 28 nitrogen and oxygen atoms in total. The molecule has 8 atom stereocenters. The average Bonchev–Trinajstić information content (AvgIpc) is 0.886. The number of aromatic hydroxyl groups is 6. The van der Waals surface area contributed by atoms with Gasteiger partial charge in [0, 0.05) is 41.9 Å². The predicted molar refractivity (Wildman–Crippen MR) is 363 cm³/mol. The quantitative estimate of drug-likeness (QED) is 0.0378. The molecule has 0 fully saturated rings. The first-order chi connectivity index (χ1) is 49.0. The lowest BCUT2D eigenvalue weighted by Crippen LogP contribution is -2.55. The number of hydrogen-bond donors (Lipinski definition) is 13. The number of benzene rings is 7. The van der Waals surface area contributed by atoms with Crippen molar-refractivity contribution in [1.29, 1.82) is 0 Å². The molecule has 7 heterocycles. The maximum absolute atomic E-state index is 16.0. The fraction of sp³-hybridized carbons (Fsp3) is 0.292. The number of carbonyl (C=O) groups excluding carboxylic acids is 7. The molecule has 102 heavy (non-hydrogen) atoms. The number of esters is 1. The monoisotopic (exact) mass is 1430 g/mol. The van der Waals surface area contributed by atoms with Gasteiger partial charge in [0.25, 0.3) is 0 Å². The third-order valence-electron chi connectivity index (χ3n) is 17.8. The highest BCUT2D eigenvalue weighted by molar-refractivity contribution is 6.32. The zero-order chi connectivity index (χ0) is 72.2. The van der Waals surface area contributed by atoms with E-state index in [9.17, 15) is 45.3 Å². The highest BCUT2D eigenvalue weighted by Crippen LogP contribution is 2.48. The molecule has 0 saturated heterocycles. The lowest BCUT2D eigenvalue weighted by atomic mass is 9.89. The van der Waals surface area contributed by atoms with E-state index in [-0.39, 0.29) is 85.0 Å². The van der Waals surface area contributed by atoms with Crippen LogP contribution in [0.25, 0.3) is 11.1 Å². The van der Waals surface area contributed by atoms with Crippen molar-refractivity contribution in [1.82, 2.24) is 46.9 Å². The second-order valence-corrected chi connectivity index (χ2v) is 25.7. The maximum Gasteiger partial charge on any atom is 0.333 e. The van der Waals surface area contributed by atoms with Crippen LogP contribution in [0.5, 0.6) is 69.0 Å². The molecule has 0 saturated carbocycles. The summed E-state index contributed by atoms with van der Waals surface area (Å²) in [4.78, 5) is 107. The molecule has 0 aliphatic carbocycles. The molecule has 6 aliphatic rings. The summed E-state index contributed by atoms with van der Waals surface area (Å²) in [5, 5.41) is 105. The van der Waals surface area contributed by atoms with E-state index in [0.717, 1.165) is 93.5 Å². The number of rotatable bonds is 13. The molecule has 17 bridgehead atoms. The molecule has 530 valence electrons. The minimum Gasteiger partial charge on any atom is -0.508 e. The van der Waals surface area contributed by atoms with Crippen molar-refractivity contribution in [3.8, 4) is 80.1 Å². The Bertz CT molecular complexity index is 4630. The molecular formula is C72H69Cl2N9O19. The van der Waals surface area contributed by atoms with Crippen molar-refractivity contribution >= 4 is 64.6 Å². The number of phenolic OH excluding ortho intramolecular Hbond substituents is 6. The van der Waals surface area contributed by atoms with Crippen molar-refractivity contribution in [2.75, 3.05) is 13.7 Å². The van der Waals surface area contributed by atoms with Gasteiger partial charge in [-0.05, 0) is 119 Å². The number of phenols is 6. The number of amides is 6. The SMILES string of the molecule is CCCCCCCCCCOCc1cn([C@H]2C(=O)N[C@@H]3Cc4ccc(c(Cl)c4)Oc4cc5cc(c4O)Oc4ccc(cc4Cl)[C@@H](O)[C@@H]4NC(=O)[C@H](NC(=O)[C@@H]5NC(=O)[C@@H](NC3=O)c3cc(O)cc(c3)Oc3cc2ccc3O)c2ccc(O)c(c2)-c2c(O)cc(O)cc2[C@H](C(=O)OC)NC4=O)nn1. The molecule has 0 spiro atoms. The van der Waals surface area contributed by atoms with Crippen LogP contribution in [0.15, 0.2) is 121 Å². The molecule has 13 N–H and O–H groups in total. The Hall–Kier alpha value is -11.3. The molecule has 1 aromatic heterocycles. The lowest BCUT2D eigenvalue weighted by Gasteiger charge is -2.31. The van der Waals surface area contributed by atoms with Crippen LogP contribution in [0.1, 0.15) is 139 Å². The van der Waals surface area contributed by atoms with Crippen LogP contribution in [0.2, 0.25) is 10.0 Å². The predicted octanol–water partition coefficient (Wildman–Crippen LogP) is 8.91. The summed E-state index contributed by atoms with van der Waals surface area (Å²) in [6.07, 6.45) is 7.79. The molecule has 7 aromatic carbocycles. The third kappa shape index (κ3) is 15.2. The van der Waals surface area contributed by atoms with Gasteiger partial charge >= 0.3 is 5.97 Å². The van der Waals surface area contributed by atoms with E-state index < -0.39 is 141 Å². The van der Waals surface area contributed by atoms with Gasteiger partial charge in [-0.15, -0.1) is 5.10 Å². The molecular weight excluding hydrogens is 1370 g/mol. The number of fused-ring (bicyclic) bond motifs is 14. The van der Waals surface area contributed by atoms with E-state index in [0.29, 0.717) is 17.9 Å². The van der Waals surface area contributed by atoms with Crippen molar-refractivity contribution in [2.45, 2.75) is 120 Å². The second kappa shape index (κ2) is 30.2. The first-order valence-electron chi connectivity index (χ1n) is 32.6. The van der Waals surface area contributed by atoms with Crippen molar-refractivity contribution in [2.24, 2.45) is 0 Å². The van der Waals surface area contributed by atoms with Crippen molar-refractivity contribution < 1.29 is 93.0 Å². The van der Waals surface area contributed by atoms with Gasteiger partial charge in [-0.1, -0.05) is 105 Å². The highest BCUT2D eigenvalue weighted by Gasteiger charge is 2.42. The molecule has 14 rings (SSSR count). The topological polar surface area (TPSA) is 410 Å². The van der Waals surface area contributed by atoms with E-state index in [2.05, 4.69) is 49.1 Å². The number of nitrogens with zero attached hydrogens (tertiary/aromatic N) is 3. The number of hydrogen-bond acceptors (Lipinski definition) is 21. The van der Waals surface area contributed by atoms with Gasteiger partial charge in [-0.3, -0.25) is 28.8 Å². The van der Waals surface area contributed by atoms with Gasteiger partial charge in [0.05, 0.1) is 30.0 Å². The minimum atomic E-state index is -2.18. The van der Waals surface area contributed by atoms with E-state index in [4.69, 9.17) is 46.9 Å². The fourth-order valence-electron chi connectivity index (χ4n) is 12.6. The number of halogens is 2. The number of aromatic nitrogens is 3. The summed E-state index contributed by atoms with van der Waals surface area (Å²) in [5.74, 6) is -14.0. The number of carbonyl (C=O) groups is 7. The van der Waals surface area contributed by atoms with Crippen molar-refractivity contribution in [3.63, 3.8) is 0 Å². The van der Waals surface area contributed by atoms with Crippen LogP contribution in [0.4, 0.5) is 0 Å². The fourth-order valence-corrected chi connectivity index (χ4v) is 13.1. The van der Waals surface area contributed by atoms with Crippen LogP contribution in [0.3, 0.4) is 0 Å². The largest absolute Gasteiger partial charge is 0.508 e. The van der Waals surface area contributed by atoms with Crippen molar-refractivity contribution in [3.05, 3.63) is 176 Å². The first kappa shape index (κ1) is 70.5. The number of nitrogens with one attached hydrogen (secondary N) is 6. The Labute approximate surface area is 591 Å². The molecule has 6 aliphatic heterocycles. The average molecular weight is 1440 g/mol. The maximum atomic E-state index is 16.0. The van der Waals surface area contributed by atoms with E-state index >= 15 is 24.0 Å². The number of methoxy groups -OCH3 is 1. The first-order valence-corrected chi connectivity index (χ1v) is 33.4. The van der Waals surface area contributed by atoms with Crippen LogP contribution < -0.4 is 46.1 Å². The Morgan fingerprint density at radius 1 is 0.559 bits per heavy atom. The summed E-state index contributed by atoms with van der Waals surface area (Å²) < 4.78 is 31.1. The van der Waals surface area contributed by atoms with E-state index in [1.807, 2.05) is 0 Å². The Morgan fingerprint density at radius 3 is 1.86 bits per heavy atom. The summed E-state index contributed by atoms with van der Waals surface area (Å²) in [5.41, 5.74) is -1.27. The van der Waals surface area contributed by atoms with Gasteiger partial charge in [-0.2, -0.15) is 0 Å².